The summed E-state index contributed by atoms with van der Waals surface area (Å²) in [6, 6.07) is 1.89. The molecule has 3 nitrogen and oxygen atoms in total. The van der Waals surface area contributed by atoms with E-state index >= 15 is 0 Å². The smallest absolute Gasteiger partial charge is 0.147 e. The summed E-state index contributed by atoms with van der Waals surface area (Å²) < 4.78 is 10.1. The molecular weight excluding hydrogens is 130 g/mol. The number of rotatable bonds is 1. The Bertz CT molecular complexity index is 214. The fourth-order valence-corrected chi connectivity index (χ4v) is 1.08. The third kappa shape index (κ3) is 0.671. The van der Waals surface area contributed by atoms with Crippen molar-refractivity contribution in [3.05, 3.63) is 18.0 Å². The van der Waals surface area contributed by atoms with Crippen molar-refractivity contribution in [3.63, 3.8) is 0 Å². The second-order valence-electron chi connectivity index (χ2n) is 2.93. The van der Waals surface area contributed by atoms with E-state index in [9.17, 15) is 0 Å². The highest BCUT2D eigenvalue weighted by Gasteiger charge is 2.38. The van der Waals surface area contributed by atoms with Gasteiger partial charge >= 0.3 is 0 Å². The molecule has 2 heterocycles. The van der Waals surface area contributed by atoms with E-state index in [-0.39, 0.29) is 5.41 Å². The largest absolute Gasteiger partial charge is 0.379 e. The van der Waals surface area contributed by atoms with Gasteiger partial charge in [-0.25, -0.2) is 0 Å². The Morgan fingerprint density at radius 1 is 1.60 bits per heavy atom. The number of hydrogen-bond donors (Lipinski definition) is 0. The maximum atomic E-state index is 5.07. The predicted molar refractivity (Wildman–Crippen MR) is 34.7 cm³/mol. The van der Waals surface area contributed by atoms with Crippen LogP contribution in [0.3, 0.4) is 0 Å². The Balaban J connectivity index is 2.27. The zero-order valence-electron chi connectivity index (χ0n) is 5.83. The molecule has 1 aromatic rings. The van der Waals surface area contributed by atoms with E-state index in [1.165, 1.54) is 0 Å². The van der Waals surface area contributed by atoms with Crippen molar-refractivity contribution in [1.29, 1.82) is 0 Å². The standard InChI is InChI=1S/C7H9NO2/c1-7(4-9-5-7)6-2-3-8-10-6/h2-3H,4-5H2,1H3. The van der Waals surface area contributed by atoms with E-state index in [2.05, 4.69) is 12.1 Å². The summed E-state index contributed by atoms with van der Waals surface area (Å²) in [7, 11) is 0. The van der Waals surface area contributed by atoms with Gasteiger partial charge in [-0.1, -0.05) is 5.16 Å². The van der Waals surface area contributed by atoms with Gasteiger partial charge in [0.1, 0.15) is 5.76 Å². The summed E-state index contributed by atoms with van der Waals surface area (Å²) in [5.41, 5.74) is 0.0938. The molecular formula is C7H9NO2. The summed E-state index contributed by atoms with van der Waals surface area (Å²) in [6.07, 6.45) is 1.67. The van der Waals surface area contributed by atoms with Gasteiger partial charge in [0, 0.05) is 6.07 Å². The molecule has 0 amide bonds. The van der Waals surface area contributed by atoms with E-state index in [0.717, 1.165) is 19.0 Å². The Labute approximate surface area is 59.0 Å². The minimum Gasteiger partial charge on any atom is -0.379 e. The molecule has 3 heteroatoms. The van der Waals surface area contributed by atoms with E-state index in [0.29, 0.717) is 0 Å². The highest BCUT2D eigenvalue weighted by molar-refractivity contribution is 5.13. The lowest BCUT2D eigenvalue weighted by molar-refractivity contribution is -0.0619. The fraction of sp³-hybridized carbons (Fsp3) is 0.571. The first-order chi connectivity index (χ1) is 4.81. The van der Waals surface area contributed by atoms with E-state index < -0.39 is 0 Å². The maximum Gasteiger partial charge on any atom is 0.147 e. The Morgan fingerprint density at radius 3 is 2.80 bits per heavy atom. The second kappa shape index (κ2) is 1.83. The van der Waals surface area contributed by atoms with Crippen molar-refractivity contribution in [1.82, 2.24) is 5.16 Å². The van der Waals surface area contributed by atoms with Gasteiger partial charge in [-0.3, -0.25) is 0 Å². The van der Waals surface area contributed by atoms with Crippen molar-refractivity contribution in [2.24, 2.45) is 0 Å². The van der Waals surface area contributed by atoms with E-state index in [1.807, 2.05) is 6.07 Å². The molecule has 1 saturated heterocycles. The zero-order chi connectivity index (χ0) is 7.03. The molecule has 0 aliphatic carbocycles. The summed E-state index contributed by atoms with van der Waals surface area (Å²) in [4.78, 5) is 0. The monoisotopic (exact) mass is 139 g/mol. The average Bonchev–Trinajstić information content (AvgIpc) is 2.33. The molecule has 1 aliphatic heterocycles. The molecule has 0 N–H and O–H groups in total. The molecule has 2 rings (SSSR count). The van der Waals surface area contributed by atoms with Gasteiger partial charge in [0.05, 0.1) is 24.8 Å². The molecule has 1 fully saturated rings. The van der Waals surface area contributed by atoms with Gasteiger partial charge in [-0.2, -0.15) is 0 Å². The Hall–Kier alpha value is -0.830. The minimum atomic E-state index is 0.0938. The Morgan fingerprint density at radius 2 is 2.40 bits per heavy atom. The number of aromatic nitrogens is 1. The first kappa shape index (κ1) is 5.92. The molecule has 0 unspecified atom stereocenters. The quantitative estimate of drug-likeness (QED) is 0.581. The lowest BCUT2D eigenvalue weighted by Gasteiger charge is -2.35. The van der Waals surface area contributed by atoms with Crippen molar-refractivity contribution < 1.29 is 9.26 Å². The highest BCUT2D eigenvalue weighted by atomic mass is 16.5. The van der Waals surface area contributed by atoms with Gasteiger partial charge in [-0.15, -0.1) is 0 Å². The van der Waals surface area contributed by atoms with Crippen LogP contribution in [0.25, 0.3) is 0 Å². The van der Waals surface area contributed by atoms with Crippen molar-refractivity contribution in [2.75, 3.05) is 13.2 Å². The van der Waals surface area contributed by atoms with Gasteiger partial charge < -0.3 is 9.26 Å². The summed E-state index contributed by atoms with van der Waals surface area (Å²) in [5, 5.41) is 3.64. The van der Waals surface area contributed by atoms with Crippen LogP contribution < -0.4 is 0 Å². The van der Waals surface area contributed by atoms with Gasteiger partial charge in [0.15, 0.2) is 0 Å². The second-order valence-corrected chi connectivity index (χ2v) is 2.93. The van der Waals surface area contributed by atoms with Gasteiger partial charge in [0.25, 0.3) is 0 Å². The molecule has 1 aromatic heterocycles. The van der Waals surface area contributed by atoms with Crippen LogP contribution in [0, 0.1) is 0 Å². The third-order valence-electron chi connectivity index (χ3n) is 1.87. The summed E-state index contributed by atoms with van der Waals surface area (Å²) in [5.74, 6) is 0.929. The number of nitrogens with zero attached hydrogens (tertiary/aromatic N) is 1. The number of ether oxygens (including phenoxy) is 1. The van der Waals surface area contributed by atoms with Crippen LogP contribution in [0.2, 0.25) is 0 Å². The predicted octanol–water partition coefficient (Wildman–Crippen LogP) is 0.963. The lowest BCUT2D eigenvalue weighted by Crippen LogP contribution is -2.43. The SMILES string of the molecule is CC1(c2ccno2)COC1. The average molecular weight is 139 g/mol. The molecule has 0 aromatic carbocycles. The van der Waals surface area contributed by atoms with Crippen molar-refractivity contribution in [2.45, 2.75) is 12.3 Å². The van der Waals surface area contributed by atoms with Crippen LogP contribution >= 0.6 is 0 Å². The van der Waals surface area contributed by atoms with Crippen LogP contribution in [0.5, 0.6) is 0 Å². The lowest BCUT2D eigenvalue weighted by atomic mass is 9.86. The fourth-order valence-electron chi connectivity index (χ4n) is 1.08. The number of hydrogen-bond acceptors (Lipinski definition) is 3. The molecule has 0 bridgehead atoms. The summed E-state index contributed by atoms with van der Waals surface area (Å²) >= 11 is 0. The van der Waals surface area contributed by atoms with Crippen LogP contribution in [0.15, 0.2) is 16.8 Å². The Kier molecular flexibility index (Phi) is 1.08. The summed E-state index contributed by atoms with van der Waals surface area (Å²) in [6.45, 7) is 3.61. The van der Waals surface area contributed by atoms with Crippen molar-refractivity contribution in [3.8, 4) is 0 Å². The van der Waals surface area contributed by atoms with E-state index in [1.54, 1.807) is 6.20 Å². The first-order valence-electron chi connectivity index (χ1n) is 3.30. The normalized spacial score (nSPS) is 22.1. The molecule has 1 aliphatic rings. The van der Waals surface area contributed by atoms with Crippen LogP contribution in [-0.2, 0) is 10.2 Å². The molecule has 54 valence electrons. The first-order valence-corrected chi connectivity index (χ1v) is 3.30. The van der Waals surface area contributed by atoms with Crippen LogP contribution in [0.1, 0.15) is 12.7 Å². The van der Waals surface area contributed by atoms with Crippen LogP contribution in [-0.4, -0.2) is 18.4 Å². The molecule has 0 saturated carbocycles. The van der Waals surface area contributed by atoms with Gasteiger partial charge in [-0.05, 0) is 6.92 Å². The molecule has 0 spiro atoms. The van der Waals surface area contributed by atoms with Gasteiger partial charge in [0.2, 0.25) is 0 Å². The third-order valence-corrected chi connectivity index (χ3v) is 1.87. The topological polar surface area (TPSA) is 35.3 Å². The molecule has 10 heavy (non-hydrogen) atoms. The minimum absolute atomic E-state index is 0.0938. The van der Waals surface area contributed by atoms with Crippen molar-refractivity contribution >= 4 is 0 Å². The van der Waals surface area contributed by atoms with Crippen LogP contribution in [0.4, 0.5) is 0 Å². The highest BCUT2D eigenvalue weighted by Crippen LogP contribution is 2.30. The molecule has 0 radical (unpaired) electrons. The van der Waals surface area contributed by atoms with E-state index in [4.69, 9.17) is 9.26 Å². The molecule has 0 atom stereocenters. The zero-order valence-corrected chi connectivity index (χ0v) is 5.83. The maximum absolute atomic E-state index is 5.07.